The molecule has 3 heteroatoms. The fourth-order valence-corrected chi connectivity index (χ4v) is 2.29. The Hall–Kier alpha value is -0.990. The number of nitrogens with zero attached hydrogens (tertiary/aromatic N) is 1. The Labute approximate surface area is 84.7 Å². The summed E-state index contributed by atoms with van der Waals surface area (Å²) >= 11 is 0. The van der Waals surface area contributed by atoms with Gasteiger partial charge in [0.25, 0.3) is 6.01 Å². The third kappa shape index (κ3) is 2.08. The van der Waals surface area contributed by atoms with Gasteiger partial charge in [-0.05, 0) is 12.8 Å². The van der Waals surface area contributed by atoms with Crippen LogP contribution >= 0.6 is 0 Å². The Balaban J connectivity index is 1.98. The van der Waals surface area contributed by atoms with Crippen LogP contribution in [0.1, 0.15) is 43.6 Å². The van der Waals surface area contributed by atoms with E-state index in [4.69, 9.17) is 10.2 Å². The van der Waals surface area contributed by atoms with Crippen LogP contribution in [-0.2, 0) is 6.42 Å². The summed E-state index contributed by atoms with van der Waals surface area (Å²) in [5.41, 5.74) is 6.47. The highest BCUT2D eigenvalue weighted by Gasteiger charge is 2.17. The average molecular weight is 194 g/mol. The van der Waals surface area contributed by atoms with E-state index in [0.29, 0.717) is 6.01 Å². The van der Waals surface area contributed by atoms with Crippen LogP contribution in [-0.4, -0.2) is 4.98 Å². The fourth-order valence-electron chi connectivity index (χ4n) is 2.29. The van der Waals surface area contributed by atoms with E-state index in [1.165, 1.54) is 32.1 Å². The largest absolute Gasteiger partial charge is 0.429 e. The van der Waals surface area contributed by atoms with Crippen LogP contribution < -0.4 is 5.73 Å². The molecule has 1 aliphatic rings. The van der Waals surface area contributed by atoms with Crippen LogP contribution in [0.25, 0.3) is 0 Å². The predicted octanol–water partition coefficient (Wildman–Crippen LogP) is 2.69. The van der Waals surface area contributed by atoms with E-state index in [-0.39, 0.29) is 0 Å². The van der Waals surface area contributed by atoms with Crippen molar-refractivity contribution in [3.63, 3.8) is 0 Å². The number of hydrogen-bond donors (Lipinski definition) is 1. The molecule has 0 saturated heterocycles. The predicted molar refractivity (Wildman–Crippen MR) is 55.9 cm³/mol. The molecule has 0 bridgehead atoms. The van der Waals surface area contributed by atoms with Gasteiger partial charge in [-0.1, -0.05) is 32.1 Å². The number of oxazole rings is 1. The average Bonchev–Trinajstić information content (AvgIpc) is 2.47. The molecule has 0 aromatic carbocycles. The van der Waals surface area contributed by atoms with Crippen LogP contribution in [0, 0.1) is 12.8 Å². The minimum absolute atomic E-state index is 0.313. The molecule has 1 saturated carbocycles. The molecule has 0 radical (unpaired) electrons. The first kappa shape index (κ1) is 9.56. The van der Waals surface area contributed by atoms with Gasteiger partial charge in [-0.3, -0.25) is 0 Å². The zero-order valence-electron chi connectivity index (χ0n) is 8.75. The van der Waals surface area contributed by atoms with Crippen molar-refractivity contribution in [2.75, 3.05) is 5.73 Å². The third-order valence-corrected chi connectivity index (χ3v) is 3.11. The SMILES string of the molecule is Cc1nc(N)oc1CC1CCCCC1. The molecule has 1 heterocycles. The van der Waals surface area contributed by atoms with Gasteiger partial charge in [0.2, 0.25) is 0 Å². The highest BCUT2D eigenvalue weighted by Crippen LogP contribution is 2.28. The van der Waals surface area contributed by atoms with Crippen molar-refractivity contribution in [1.82, 2.24) is 4.98 Å². The zero-order chi connectivity index (χ0) is 9.97. The van der Waals surface area contributed by atoms with Crippen molar-refractivity contribution in [1.29, 1.82) is 0 Å². The van der Waals surface area contributed by atoms with Crippen molar-refractivity contribution in [3.05, 3.63) is 11.5 Å². The van der Waals surface area contributed by atoms with Gasteiger partial charge in [0, 0.05) is 6.42 Å². The van der Waals surface area contributed by atoms with Crippen molar-refractivity contribution in [2.24, 2.45) is 5.92 Å². The standard InChI is InChI=1S/C11H18N2O/c1-8-10(14-11(12)13-8)7-9-5-3-2-4-6-9/h9H,2-7H2,1H3,(H2,12,13). The van der Waals surface area contributed by atoms with Crippen LogP contribution in [0.5, 0.6) is 0 Å². The second kappa shape index (κ2) is 4.03. The van der Waals surface area contributed by atoms with Gasteiger partial charge < -0.3 is 10.2 Å². The van der Waals surface area contributed by atoms with E-state index in [2.05, 4.69) is 4.98 Å². The van der Waals surface area contributed by atoms with E-state index in [1.54, 1.807) is 0 Å². The summed E-state index contributed by atoms with van der Waals surface area (Å²) < 4.78 is 5.38. The molecule has 0 unspecified atom stereocenters. The molecule has 1 aromatic heterocycles. The highest BCUT2D eigenvalue weighted by molar-refractivity contribution is 5.19. The zero-order valence-corrected chi connectivity index (χ0v) is 8.75. The Morgan fingerprint density at radius 3 is 2.64 bits per heavy atom. The molecule has 1 fully saturated rings. The summed E-state index contributed by atoms with van der Waals surface area (Å²) in [6, 6.07) is 0.313. The lowest BCUT2D eigenvalue weighted by molar-refractivity contribution is 0.335. The quantitative estimate of drug-likeness (QED) is 0.787. The molecule has 2 N–H and O–H groups in total. The van der Waals surface area contributed by atoms with E-state index >= 15 is 0 Å². The Kier molecular flexibility index (Phi) is 2.75. The van der Waals surface area contributed by atoms with Gasteiger partial charge in [0.1, 0.15) is 5.76 Å². The summed E-state index contributed by atoms with van der Waals surface area (Å²) in [7, 11) is 0. The Morgan fingerprint density at radius 1 is 1.36 bits per heavy atom. The molecule has 2 rings (SSSR count). The molecule has 0 aliphatic heterocycles. The van der Waals surface area contributed by atoms with Gasteiger partial charge in [-0.2, -0.15) is 4.98 Å². The van der Waals surface area contributed by atoms with Gasteiger partial charge in [0.15, 0.2) is 0 Å². The van der Waals surface area contributed by atoms with Gasteiger partial charge in [-0.15, -0.1) is 0 Å². The summed E-state index contributed by atoms with van der Waals surface area (Å²) in [5.74, 6) is 1.78. The van der Waals surface area contributed by atoms with E-state index in [1.807, 2.05) is 6.92 Å². The molecule has 78 valence electrons. The monoisotopic (exact) mass is 194 g/mol. The lowest BCUT2D eigenvalue weighted by Gasteiger charge is -2.20. The molecule has 1 aliphatic carbocycles. The van der Waals surface area contributed by atoms with Crippen LogP contribution in [0.15, 0.2) is 4.42 Å². The second-order valence-electron chi connectivity index (χ2n) is 4.27. The number of nitrogens with two attached hydrogens (primary N) is 1. The number of nitrogen functional groups attached to an aromatic ring is 1. The summed E-state index contributed by atoms with van der Waals surface area (Å²) in [4.78, 5) is 4.09. The first-order chi connectivity index (χ1) is 6.75. The Bertz CT molecular complexity index is 300. The first-order valence-electron chi connectivity index (χ1n) is 5.47. The van der Waals surface area contributed by atoms with E-state index < -0.39 is 0 Å². The van der Waals surface area contributed by atoms with Crippen molar-refractivity contribution < 1.29 is 4.42 Å². The van der Waals surface area contributed by atoms with Gasteiger partial charge in [0.05, 0.1) is 5.69 Å². The third-order valence-electron chi connectivity index (χ3n) is 3.11. The smallest absolute Gasteiger partial charge is 0.292 e. The maximum Gasteiger partial charge on any atom is 0.292 e. The summed E-state index contributed by atoms with van der Waals surface area (Å²) in [6.07, 6.45) is 7.82. The molecule has 1 aromatic rings. The molecule has 0 spiro atoms. The highest BCUT2D eigenvalue weighted by atomic mass is 16.4. The maximum absolute atomic E-state index is 5.51. The van der Waals surface area contributed by atoms with Crippen molar-refractivity contribution in [2.45, 2.75) is 45.4 Å². The normalized spacial score (nSPS) is 18.6. The van der Waals surface area contributed by atoms with E-state index in [9.17, 15) is 0 Å². The molecule has 0 amide bonds. The lowest BCUT2D eigenvalue weighted by atomic mass is 9.86. The lowest BCUT2D eigenvalue weighted by Crippen LogP contribution is -2.09. The van der Waals surface area contributed by atoms with Crippen LogP contribution in [0.4, 0.5) is 6.01 Å². The van der Waals surface area contributed by atoms with Crippen LogP contribution in [0.3, 0.4) is 0 Å². The molecule has 0 atom stereocenters. The Morgan fingerprint density at radius 2 is 2.07 bits per heavy atom. The van der Waals surface area contributed by atoms with Crippen molar-refractivity contribution in [3.8, 4) is 0 Å². The number of rotatable bonds is 2. The van der Waals surface area contributed by atoms with Gasteiger partial charge in [-0.25, -0.2) is 0 Å². The summed E-state index contributed by atoms with van der Waals surface area (Å²) in [5, 5.41) is 0. The van der Waals surface area contributed by atoms with E-state index in [0.717, 1.165) is 23.8 Å². The van der Waals surface area contributed by atoms with Crippen LogP contribution in [0.2, 0.25) is 0 Å². The minimum Gasteiger partial charge on any atom is -0.429 e. The molecule has 3 nitrogen and oxygen atoms in total. The number of aromatic nitrogens is 1. The fraction of sp³-hybridized carbons (Fsp3) is 0.727. The number of anilines is 1. The molecular weight excluding hydrogens is 176 g/mol. The first-order valence-corrected chi connectivity index (χ1v) is 5.47. The summed E-state index contributed by atoms with van der Waals surface area (Å²) in [6.45, 7) is 1.97. The van der Waals surface area contributed by atoms with Crippen molar-refractivity contribution >= 4 is 6.01 Å². The second-order valence-corrected chi connectivity index (χ2v) is 4.27. The van der Waals surface area contributed by atoms with Gasteiger partial charge >= 0.3 is 0 Å². The molecule has 14 heavy (non-hydrogen) atoms. The minimum atomic E-state index is 0.313. The number of hydrogen-bond acceptors (Lipinski definition) is 3. The molecular formula is C11H18N2O. The maximum atomic E-state index is 5.51. The topological polar surface area (TPSA) is 52.0 Å². The number of aryl methyl sites for hydroxylation is 1.